The Morgan fingerprint density at radius 2 is 1.82 bits per heavy atom. The average Bonchev–Trinajstić information content (AvgIpc) is 3.77. The number of carbonyl (C=O) groups excluding carboxylic acids is 3. The molecule has 1 atom stereocenters. The van der Waals surface area contributed by atoms with Crippen LogP contribution in [-0.4, -0.2) is 67.1 Å². The number of anilines is 2. The van der Waals surface area contributed by atoms with Gasteiger partial charge in [-0.2, -0.15) is 0 Å². The zero-order chi connectivity index (χ0) is 23.7. The molecule has 34 heavy (non-hydrogen) atoms. The molecule has 0 radical (unpaired) electrons. The number of hydrogen-bond donors (Lipinski definition) is 2. The van der Waals surface area contributed by atoms with Gasteiger partial charge in [0.05, 0.1) is 15.8 Å². The number of rotatable bonds is 9. The summed E-state index contributed by atoms with van der Waals surface area (Å²) >= 11 is 7.19. The summed E-state index contributed by atoms with van der Waals surface area (Å²) in [5.41, 5.74) is 1.43. The van der Waals surface area contributed by atoms with E-state index in [0.717, 1.165) is 31.4 Å². The molecule has 0 spiro atoms. The van der Waals surface area contributed by atoms with E-state index < -0.39 is 6.04 Å². The number of morpholine rings is 1. The highest BCUT2D eigenvalue weighted by molar-refractivity contribution is 7.18. The van der Waals surface area contributed by atoms with Crippen LogP contribution in [0.4, 0.5) is 11.4 Å². The minimum atomic E-state index is -0.458. The summed E-state index contributed by atoms with van der Waals surface area (Å²) < 4.78 is 5.74. The van der Waals surface area contributed by atoms with Gasteiger partial charge >= 0.3 is 0 Å². The molecule has 180 valence electrons. The van der Waals surface area contributed by atoms with Crippen molar-refractivity contribution in [2.75, 3.05) is 36.5 Å². The highest BCUT2D eigenvalue weighted by Gasteiger charge is 2.45. The molecule has 2 N–H and O–H groups in total. The van der Waals surface area contributed by atoms with E-state index in [2.05, 4.69) is 15.5 Å². The number of halogens is 1. The van der Waals surface area contributed by atoms with Gasteiger partial charge in [-0.3, -0.25) is 19.3 Å². The van der Waals surface area contributed by atoms with E-state index in [4.69, 9.17) is 16.3 Å². The van der Waals surface area contributed by atoms with Crippen molar-refractivity contribution in [3.05, 3.63) is 45.6 Å². The van der Waals surface area contributed by atoms with E-state index >= 15 is 0 Å². The first kappa shape index (κ1) is 23.3. The molecule has 5 rings (SSSR count). The molecule has 10 heteroatoms. The number of amides is 3. The molecule has 3 aliphatic rings. The second kappa shape index (κ2) is 10.0. The molecule has 3 fully saturated rings. The lowest BCUT2D eigenvalue weighted by atomic mass is 10.1. The molecule has 0 bridgehead atoms. The Morgan fingerprint density at radius 3 is 2.41 bits per heavy atom. The summed E-state index contributed by atoms with van der Waals surface area (Å²) in [6.07, 6.45) is 4.32. The van der Waals surface area contributed by atoms with E-state index in [0.29, 0.717) is 40.1 Å². The van der Waals surface area contributed by atoms with Crippen LogP contribution < -0.4 is 15.5 Å². The van der Waals surface area contributed by atoms with Crippen molar-refractivity contribution in [1.29, 1.82) is 0 Å². The van der Waals surface area contributed by atoms with Crippen molar-refractivity contribution >= 4 is 52.0 Å². The third-order valence-corrected chi connectivity index (χ3v) is 7.51. The Balaban J connectivity index is 1.27. The fourth-order valence-corrected chi connectivity index (χ4v) is 5.30. The van der Waals surface area contributed by atoms with Gasteiger partial charge in [-0.1, -0.05) is 11.6 Å². The maximum absolute atomic E-state index is 13.4. The van der Waals surface area contributed by atoms with Gasteiger partial charge < -0.3 is 20.3 Å². The smallest absolute Gasteiger partial charge is 0.261 e. The van der Waals surface area contributed by atoms with Crippen LogP contribution in [0.3, 0.4) is 0 Å². The van der Waals surface area contributed by atoms with Crippen molar-refractivity contribution in [1.82, 2.24) is 10.2 Å². The first-order chi connectivity index (χ1) is 16.5. The normalized spacial score (nSPS) is 19.2. The monoisotopic (exact) mass is 502 g/mol. The Kier molecular flexibility index (Phi) is 6.87. The molecule has 0 unspecified atom stereocenters. The van der Waals surface area contributed by atoms with Crippen LogP contribution in [0.1, 0.15) is 35.4 Å². The number of nitrogens with zero attached hydrogens (tertiary/aromatic N) is 2. The zero-order valence-electron chi connectivity index (χ0n) is 18.7. The molecule has 2 aliphatic carbocycles. The summed E-state index contributed by atoms with van der Waals surface area (Å²) in [6, 6.07) is 11.0. The summed E-state index contributed by atoms with van der Waals surface area (Å²) in [6.45, 7) is 1.34. The van der Waals surface area contributed by atoms with Gasteiger partial charge in [-0.25, -0.2) is 0 Å². The predicted octanol–water partition coefficient (Wildman–Crippen LogP) is 3.13. The fourth-order valence-electron chi connectivity index (χ4n) is 4.34. The van der Waals surface area contributed by atoms with Crippen molar-refractivity contribution in [3.63, 3.8) is 0 Å². The van der Waals surface area contributed by atoms with Crippen LogP contribution in [-0.2, 0) is 14.3 Å². The molecule has 2 aromatic rings. The van der Waals surface area contributed by atoms with Gasteiger partial charge in [-0.15, -0.1) is 11.3 Å². The molecule has 2 heterocycles. The van der Waals surface area contributed by atoms with E-state index in [1.54, 1.807) is 29.2 Å². The number of hydrogen-bond acceptors (Lipinski definition) is 6. The third-order valence-electron chi connectivity index (χ3n) is 6.28. The van der Waals surface area contributed by atoms with Crippen LogP contribution >= 0.6 is 22.9 Å². The van der Waals surface area contributed by atoms with Gasteiger partial charge in [0.15, 0.2) is 0 Å². The molecular weight excluding hydrogens is 476 g/mol. The van der Waals surface area contributed by atoms with E-state index in [1.807, 2.05) is 12.1 Å². The predicted molar refractivity (Wildman–Crippen MR) is 132 cm³/mol. The Hall–Kier alpha value is -2.46. The number of nitrogens with one attached hydrogen (secondary N) is 2. The van der Waals surface area contributed by atoms with Gasteiger partial charge in [0.1, 0.15) is 12.6 Å². The molecule has 2 saturated carbocycles. The largest absolute Gasteiger partial charge is 0.370 e. The summed E-state index contributed by atoms with van der Waals surface area (Å²) in [5, 5.41) is 5.95. The van der Waals surface area contributed by atoms with Gasteiger partial charge in [-0.05, 0) is 62.1 Å². The number of carbonyl (C=O) groups is 3. The van der Waals surface area contributed by atoms with E-state index in [1.165, 1.54) is 11.3 Å². The second-order valence-electron chi connectivity index (χ2n) is 8.87. The number of ether oxygens (including phenoxy) is 1. The van der Waals surface area contributed by atoms with Crippen LogP contribution in [0.15, 0.2) is 36.4 Å². The van der Waals surface area contributed by atoms with E-state index in [-0.39, 0.29) is 30.9 Å². The van der Waals surface area contributed by atoms with Crippen LogP contribution in [0.25, 0.3) is 0 Å². The van der Waals surface area contributed by atoms with Crippen molar-refractivity contribution in [2.24, 2.45) is 0 Å². The van der Waals surface area contributed by atoms with Crippen LogP contribution in [0.5, 0.6) is 0 Å². The Morgan fingerprint density at radius 1 is 1.12 bits per heavy atom. The quantitative estimate of drug-likeness (QED) is 0.549. The number of thiophene rings is 1. The first-order valence-electron chi connectivity index (χ1n) is 11.6. The molecule has 1 aliphatic heterocycles. The molecule has 1 aromatic heterocycles. The first-order valence-corrected chi connectivity index (χ1v) is 12.8. The third kappa shape index (κ3) is 5.43. The van der Waals surface area contributed by atoms with Crippen molar-refractivity contribution in [2.45, 2.75) is 43.8 Å². The Bertz CT molecular complexity index is 1060. The lowest BCUT2D eigenvalue weighted by Gasteiger charge is -2.31. The van der Waals surface area contributed by atoms with Crippen molar-refractivity contribution < 1.29 is 19.1 Å². The van der Waals surface area contributed by atoms with Gasteiger partial charge in [0.25, 0.3) is 11.8 Å². The summed E-state index contributed by atoms with van der Waals surface area (Å²) in [5.74, 6) is -0.435. The fraction of sp³-hybridized carbons (Fsp3) is 0.458. The molecular formula is C24H27ClN4O4S. The summed E-state index contributed by atoms with van der Waals surface area (Å²) in [4.78, 5) is 42.6. The van der Waals surface area contributed by atoms with Gasteiger partial charge in [0, 0.05) is 36.5 Å². The highest BCUT2D eigenvalue weighted by atomic mass is 35.5. The van der Waals surface area contributed by atoms with Crippen LogP contribution in [0.2, 0.25) is 4.34 Å². The SMILES string of the molecule is O=C(NC[C@@H](C(=O)Nc1ccc(N2CCOCC2=O)cc1)N(C1CC1)C1CC1)c1ccc(Cl)s1. The number of benzene rings is 1. The van der Waals surface area contributed by atoms with Gasteiger partial charge in [0.2, 0.25) is 5.91 Å². The second-order valence-corrected chi connectivity index (χ2v) is 10.6. The molecule has 3 amide bonds. The topological polar surface area (TPSA) is 91.0 Å². The zero-order valence-corrected chi connectivity index (χ0v) is 20.2. The Labute approximate surface area is 207 Å². The maximum atomic E-state index is 13.4. The maximum Gasteiger partial charge on any atom is 0.261 e. The molecule has 8 nitrogen and oxygen atoms in total. The average molecular weight is 503 g/mol. The van der Waals surface area contributed by atoms with E-state index in [9.17, 15) is 14.4 Å². The molecule has 1 saturated heterocycles. The lowest BCUT2D eigenvalue weighted by molar-refractivity contribution is -0.125. The molecule has 1 aromatic carbocycles. The van der Waals surface area contributed by atoms with Crippen LogP contribution in [0, 0.1) is 0 Å². The minimum Gasteiger partial charge on any atom is -0.370 e. The summed E-state index contributed by atoms with van der Waals surface area (Å²) in [7, 11) is 0. The lowest BCUT2D eigenvalue weighted by Crippen LogP contribution is -2.52. The standard InChI is InChI=1S/C24H27ClN4O4S/c25-21-10-9-20(34-21)24(32)26-13-19(29(17-5-6-17)18-7-8-18)23(31)27-15-1-3-16(4-2-15)28-11-12-33-14-22(28)30/h1-4,9-10,17-19H,5-8,11-14H2,(H,26,32)(H,27,31)/t19-/m0/s1. The highest BCUT2D eigenvalue weighted by Crippen LogP contribution is 2.39. The minimum absolute atomic E-state index is 0.0737. The van der Waals surface area contributed by atoms with Crippen molar-refractivity contribution in [3.8, 4) is 0 Å².